The molecule has 0 amide bonds. The van der Waals surface area contributed by atoms with Crippen molar-refractivity contribution in [2.45, 2.75) is 32.0 Å². The first-order chi connectivity index (χ1) is 12.0. The Labute approximate surface area is 168 Å². The third kappa shape index (κ3) is 7.56. The second kappa shape index (κ2) is 11.5. The van der Waals surface area contributed by atoms with Crippen molar-refractivity contribution >= 4 is 29.9 Å². The van der Waals surface area contributed by atoms with Gasteiger partial charge in [0.1, 0.15) is 12.4 Å². The van der Waals surface area contributed by atoms with Gasteiger partial charge in [-0.15, -0.1) is 24.0 Å². The molecule has 0 spiro atoms. The molecule has 0 saturated carbocycles. The van der Waals surface area contributed by atoms with E-state index in [-0.39, 0.29) is 42.4 Å². The summed E-state index contributed by atoms with van der Waals surface area (Å²) >= 11 is 0. The molecule has 2 N–H and O–H groups in total. The Bertz CT molecular complexity index is 564. The van der Waals surface area contributed by atoms with Gasteiger partial charge in [0.25, 0.3) is 0 Å². The molecule has 1 atom stereocenters. The Morgan fingerprint density at radius 2 is 2.08 bits per heavy atom. The van der Waals surface area contributed by atoms with Gasteiger partial charge in [-0.2, -0.15) is 13.2 Å². The minimum atomic E-state index is -4.43. The Morgan fingerprint density at radius 3 is 2.73 bits per heavy atom. The maximum atomic E-state index is 12.9. The van der Waals surface area contributed by atoms with Crippen LogP contribution in [0.5, 0.6) is 5.75 Å². The van der Waals surface area contributed by atoms with Crippen molar-refractivity contribution in [3.05, 3.63) is 29.8 Å². The summed E-state index contributed by atoms with van der Waals surface area (Å²) in [6.45, 7) is 4.40. The maximum absolute atomic E-state index is 12.9. The number of hydrogen-bond acceptors (Lipinski definition) is 3. The number of rotatable bonds is 7. The highest BCUT2D eigenvalue weighted by atomic mass is 127. The number of benzene rings is 1. The van der Waals surface area contributed by atoms with Gasteiger partial charge in [-0.05, 0) is 31.9 Å². The van der Waals surface area contributed by atoms with Gasteiger partial charge in [-0.1, -0.05) is 12.1 Å². The average Bonchev–Trinajstić information content (AvgIpc) is 3.09. The van der Waals surface area contributed by atoms with Crippen molar-refractivity contribution in [3.63, 3.8) is 0 Å². The van der Waals surface area contributed by atoms with Gasteiger partial charge in [-0.25, -0.2) is 0 Å². The summed E-state index contributed by atoms with van der Waals surface area (Å²) in [5, 5.41) is 6.14. The van der Waals surface area contributed by atoms with Gasteiger partial charge in [0.15, 0.2) is 5.96 Å². The van der Waals surface area contributed by atoms with E-state index in [1.165, 1.54) is 18.2 Å². The van der Waals surface area contributed by atoms with Crippen molar-refractivity contribution in [1.82, 2.24) is 10.6 Å². The maximum Gasteiger partial charge on any atom is 0.419 e. The lowest BCUT2D eigenvalue weighted by Gasteiger charge is -2.15. The fourth-order valence-electron chi connectivity index (χ4n) is 2.48. The Balaban J connectivity index is 0.00000338. The molecule has 1 fully saturated rings. The summed E-state index contributed by atoms with van der Waals surface area (Å²) in [6.07, 6.45) is -2.23. The topological polar surface area (TPSA) is 54.9 Å². The van der Waals surface area contributed by atoms with Gasteiger partial charge in [0, 0.05) is 13.2 Å². The molecular formula is C17H25F3IN3O2. The van der Waals surface area contributed by atoms with Crippen LogP contribution in [0.25, 0.3) is 0 Å². The molecule has 1 heterocycles. The van der Waals surface area contributed by atoms with Crippen LogP contribution in [-0.2, 0) is 10.9 Å². The predicted molar refractivity (Wildman–Crippen MR) is 105 cm³/mol. The second-order valence-electron chi connectivity index (χ2n) is 5.62. The molecular weight excluding hydrogens is 462 g/mol. The highest BCUT2D eigenvalue weighted by Crippen LogP contribution is 2.35. The van der Waals surface area contributed by atoms with Crippen molar-refractivity contribution in [2.24, 2.45) is 4.99 Å². The highest BCUT2D eigenvalue weighted by molar-refractivity contribution is 14.0. The highest BCUT2D eigenvalue weighted by Gasteiger charge is 2.33. The van der Waals surface area contributed by atoms with E-state index >= 15 is 0 Å². The number of aliphatic imine (C=N–C) groups is 1. The molecule has 0 aromatic heterocycles. The van der Waals surface area contributed by atoms with E-state index in [4.69, 9.17) is 9.47 Å². The summed E-state index contributed by atoms with van der Waals surface area (Å²) < 4.78 is 49.5. The zero-order chi connectivity index (χ0) is 18.1. The van der Waals surface area contributed by atoms with E-state index in [2.05, 4.69) is 15.6 Å². The van der Waals surface area contributed by atoms with Crippen LogP contribution in [0.1, 0.15) is 25.3 Å². The molecule has 5 nitrogen and oxygen atoms in total. The number of para-hydroxylation sites is 1. The fraction of sp³-hybridized carbons (Fsp3) is 0.588. The van der Waals surface area contributed by atoms with Crippen LogP contribution in [0.2, 0.25) is 0 Å². The van der Waals surface area contributed by atoms with E-state index in [0.29, 0.717) is 25.6 Å². The molecule has 0 aliphatic carbocycles. The molecule has 1 saturated heterocycles. The quantitative estimate of drug-likeness (QED) is 0.268. The van der Waals surface area contributed by atoms with E-state index in [1.54, 1.807) is 0 Å². The number of nitrogens with zero attached hydrogens (tertiary/aromatic N) is 1. The van der Waals surface area contributed by atoms with Crippen molar-refractivity contribution in [1.29, 1.82) is 0 Å². The van der Waals surface area contributed by atoms with Gasteiger partial charge in [-0.3, -0.25) is 4.99 Å². The predicted octanol–water partition coefficient (Wildman–Crippen LogP) is 3.44. The summed E-state index contributed by atoms with van der Waals surface area (Å²) in [5.41, 5.74) is -0.769. The molecule has 2 rings (SSSR count). The van der Waals surface area contributed by atoms with Crippen LogP contribution in [0.15, 0.2) is 29.3 Å². The SMILES string of the molecule is CCNC(=NCC1CCCO1)NCCOc1ccccc1C(F)(F)F.I. The van der Waals surface area contributed by atoms with Gasteiger partial charge in [0.05, 0.1) is 24.8 Å². The number of halogens is 4. The Morgan fingerprint density at radius 1 is 1.31 bits per heavy atom. The smallest absolute Gasteiger partial charge is 0.419 e. The molecule has 26 heavy (non-hydrogen) atoms. The summed E-state index contributed by atoms with van der Waals surface area (Å²) in [5.74, 6) is 0.434. The molecule has 148 valence electrons. The lowest BCUT2D eigenvalue weighted by molar-refractivity contribution is -0.138. The first-order valence-electron chi connectivity index (χ1n) is 8.43. The third-order valence-electron chi connectivity index (χ3n) is 3.67. The molecule has 1 aliphatic heterocycles. The zero-order valence-corrected chi connectivity index (χ0v) is 17.0. The third-order valence-corrected chi connectivity index (χ3v) is 3.67. The molecule has 1 aromatic rings. The average molecular weight is 487 g/mol. The minimum Gasteiger partial charge on any atom is -0.491 e. The van der Waals surface area contributed by atoms with E-state index in [0.717, 1.165) is 25.5 Å². The molecule has 1 aliphatic rings. The van der Waals surface area contributed by atoms with Crippen LogP contribution in [0.4, 0.5) is 13.2 Å². The minimum absolute atomic E-state index is 0. The number of alkyl halides is 3. The van der Waals surface area contributed by atoms with Gasteiger partial charge >= 0.3 is 6.18 Å². The van der Waals surface area contributed by atoms with E-state index in [9.17, 15) is 13.2 Å². The zero-order valence-electron chi connectivity index (χ0n) is 14.6. The molecule has 0 bridgehead atoms. The molecule has 9 heteroatoms. The van der Waals surface area contributed by atoms with Crippen molar-refractivity contribution in [3.8, 4) is 5.75 Å². The Hall–Kier alpha value is -1.23. The van der Waals surface area contributed by atoms with Crippen LogP contribution < -0.4 is 15.4 Å². The van der Waals surface area contributed by atoms with Crippen LogP contribution >= 0.6 is 24.0 Å². The van der Waals surface area contributed by atoms with Crippen LogP contribution in [-0.4, -0.2) is 44.9 Å². The van der Waals surface area contributed by atoms with Crippen molar-refractivity contribution in [2.75, 3.05) is 32.8 Å². The normalized spacial score (nSPS) is 17.5. The monoisotopic (exact) mass is 487 g/mol. The molecule has 0 radical (unpaired) electrons. The number of hydrogen-bond donors (Lipinski definition) is 2. The lowest BCUT2D eigenvalue weighted by atomic mass is 10.2. The van der Waals surface area contributed by atoms with Gasteiger partial charge < -0.3 is 20.1 Å². The van der Waals surface area contributed by atoms with E-state index in [1.807, 2.05) is 6.92 Å². The van der Waals surface area contributed by atoms with E-state index < -0.39 is 11.7 Å². The number of guanidine groups is 1. The first-order valence-corrected chi connectivity index (χ1v) is 8.43. The molecule has 1 aromatic carbocycles. The Kier molecular flexibility index (Phi) is 10.1. The van der Waals surface area contributed by atoms with Gasteiger partial charge in [0.2, 0.25) is 0 Å². The fourth-order valence-corrected chi connectivity index (χ4v) is 2.48. The van der Waals surface area contributed by atoms with Crippen molar-refractivity contribution < 1.29 is 22.6 Å². The summed E-state index contributed by atoms with van der Waals surface area (Å²) in [6, 6.07) is 5.19. The summed E-state index contributed by atoms with van der Waals surface area (Å²) in [4.78, 5) is 4.43. The standard InChI is InChI=1S/C17H24F3N3O2.HI/c1-2-21-16(23-12-13-6-5-10-24-13)22-9-11-25-15-8-4-3-7-14(15)17(18,19)20;/h3-4,7-8,13H,2,5-6,9-12H2,1H3,(H2,21,22,23);1H. The largest absolute Gasteiger partial charge is 0.491 e. The van der Waals surface area contributed by atoms with Crippen LogP contribution in [0.3, 0.4) is 0 Å². The number of ether oxygens (including phenoxy) is 2. The molecule has 1 unspecified atom stereocenters. The second-order valence-corrected chi connectivity index (χ2v) is 5.62. The first kappa shape index (κ1) is 22.8. The van der Waals surface area contributed by atoms with Crippen LogP contribution in [0, 0.1) is 0 Å². The lowest BCUT2D eigenvalue weighted by Crippen LogP contribution is -2.39. The number of nitrogens with one attached hydrogen (secondary N) is 2. The summed E-state index contributed by atoms with van der Waals surface area (Å²) in [7, 11) is 0.